The summed E-state index contributed by atoms with van der Waals surface area (Å²) in [5, 5.41) is 3.51. The first-order valence-corrected chi connectivity index (χ1v) is 9.85. The van der Waals surface area contributed by atoms with Gasteiger partial charge in [0.25, 0.3) is 0 Å². The fourth-order valence-electron chi connectivity index (χ4n) is 2.44. The summed E-state index contributed by atoms with van der Waals surface area (Å²) < 4.78 is 12.0. The maximum absolute atomic E-state index is 12.0. The number of nitrogens with one attached hydrogen (secondary N) is 1. The van der Waals surface area contributed by atoms with Crippen LogP contribution in [0.2, 0.25) is 5.02 Å². The third-order valence-corrected chi connectivity index (χ3v) is 5.26. The van der Waals surface area contributed by atoms with Crippen molar-refractivity contribution in [2.45, 2.75) is 25.8 Å². The highest BCUT2D eigenvalue weighted by molar-refractivity contribution is 7.85. The summed E-state index contributed by atoms with van der Waals surface area (Å²) in [6.07, 6.45) is 1.70. The van der Waals surface area contributed by atoms with E-state index in [1.165, 1.54) is 5.56 Å². The Morgan fingerprint density at radius 2 is 1.92 bits per heavy atom. The van der Waals surface area contributed by atoms with Crippen molar-refractivity contribution in [3.63, 3.8) is 0 Å². The summed E-state index contributed by atoms with van der Waals surface area (Å²) in [7, 11) is -1.14. The van der Waals surface area contributed by atoms with Crippen molar-refractivity contribution in [2.24, 2.45) is 0 Å². The van der Waals surface area contributed by atoms with E-state index in [0.717, 1.165) is 18.4 Å². The van der Waals surface area contributed by atoms with Crippen LogP contribution in [0.25, 0.3) is 0 Å². The molecule has 0 saturated heterocycles. The van der Waals surface area contributed by atoms with Gasteiger partial charge in [0, 0.05) is 21.6 Å². The van der Waals surface area contributed by atoms with E-state index in [2.05, 4.69) is 17.4 Å². The topological polar surface area (TPSA) is 46.2 Å². The predicted octanol–water partition coefficient (Wildman–Crippen LogP) is 3.90. The molecule has 0 heterocycles. The molecule has 0 bridgehead atoms. The number of halogens is 1. The smallest absolute Gasteiger partial charge is 0.233 e. The SMILES string of the molecule is CC(NC(=O)CS(=O)CCCc1ccccc1)c1cccc(Cl)c1. The summed E-state index contributed by atoms with van der Waals surface area (Å²) in [4.78, 5) is 12.0. The van der Waals surface area contributed by atoms with E-state index in [4.69, 9.17) is 11.6 Å². The van der Waals surface area contributed by atoms with E-state index in [9.17, 15) is 9.00 Å². The Morgan fingerprint density at radius 1 is 1.17 bits per heavy atom. The van der Waals surface area contributed by atoms with Gasteiger partial charge in [0.15, 0.2) is 0 Å². The van der Waals surface area contributed by atoms with Gasteiger partial charge in [0.2, 0.25) is 5.91 Å². The van der Waals surface area contributed by atoms with Crippen LogP contribution in [-0.2, 0) is 22.0 Å². The number of benzene rings is 2. The van der Waals surface area contributed by atoms with Crippen LogP contribution in [-0.4, -0.2) is 21.6 Å². The predicted molar refractivity (Wildman–Crippen MR) is 101 cm³/mol. The monoisotopic (exact) mass is 363 g/mol. The molecular formula is C19H22ClNO2S. The summed E-state index contributed by atoms with van der Waals surface area (Å²) in [6, 6.07) is 17.3. The molecule has 3 nitrogen and oxygen atoms in total. The van der Waals surface area contributed by atoms with Gasteiger partial charge >= 0.3 is 0 Å². The zero-order chi connectivity index (χ0) is 17.4. The zero-order valence-electron chi connectivity index (χ0n) is 13.7. The fraction of sp³-hybridized carbons (Fsp3) is 0.316. The fourth-order valence-corrected chi connectivity index (χ4v) is 3.63. The van der Waals surface area contributed by atoms with Gasteiger partial charge in [-0.05, 0) is 43.0 Å². The molecule has 2 rings (SSSR count). The van der Waals surface area contributed by atoms with Crippen LogP contribution < -0.4 is 5.32 Å². The number of rotatable bonds is 8. The van der Waals surface area contributed by atoms with Crippen molar-refractivity contribution < 1.29 is 9.00 Å². The van der Waals surface area contributed by atoms with Crippen LogP contribution in [0.1, 0.15) is 30.5 Å². The van der Waals surface area contributed by atoms with Crippen molar-refractivity contribution in [1.82, 2.24) is 5.32 Å². The van der Waals surface area contributed by atoms with Crippen LogP contribution in [0.4, 0.5) is 0 Å². The molecule has 2 unspecified atom stereocenters. The van der Waals surface area contributed by atoms with Crippen molar-refractivity contribution >= 4 is 28.3 Å². The third kappa shape index (κ3) is 6.46. The molecule has 5 heteroatoms. The Bertz CT molecular complexity index is 691. The van der Waals surface area contributed by atoms with E-state index >= 15 is 0 Å². The average molecular weight is 364 g/mol. The average Bonchev–Trinajstić information content (AvgIpc) is 2.55. The first kappa shape index (κ1) is 18.7. The van der Waals surface area contributed by atoms with Gasteiger partial charge < -0.3 is 5.32 Å². The second-order valence-electron chi connectivity index (χ2n) is 5.72. The number of amides is 1. The molecule has 1 amide bonds. The first-order valence-electron chi connectivity index (χ1n) is 7.98. The number of hydrogen-bond donors (Lipinski definition) is 1. The molecule has 2 aromatic carbocycles. The minimum Gasteiger partial charge on any atom is -0.349 e. The molecule has 128 valence electrons. The Balaban J connectivity index is 1.72. The summed E-state index contributed by atoms with van der Waals surface area (Å²) in [5.74, 6) is 0.383. The maximum atomic E-state index is 12.0. The number of carbonyl (C=O) groups is 1. The molecule has 1 N–H and O–H groups in total. The molecule has 0 aliphatic heterocycles. The molecule has 0 radical (unpaired) electrons. The van der Waals surface area contributed by atoms with Gasteiger partial charge in [-0.15, -0.1) is 0 Å². The highest BCUT2D eigenvalue weighted by Gasteiger charge is 2.12. The van der Waals surface area contributed by atoms with E-state index in [0.29, 0.717) is 10.8 Å². The summed E-state index contributed by atoms with van der Waals surface area (Å²) in [6.45, 7) is 1.89. The summed E-state index contributed by atoms with van der Waals surface area (Å²) >= 11 is 5.96. The lowest BCUT2D eigenvalue weighted by atomic mass is 10.1. The minimum atomic E-state index is -1.14. The maximum Gasteiger partial charge on any atom is 0.233 e. The van der Waals surface area contributed by atoms with Gasteiger partial charge in [-0.25, -0.2) is 0 Å². The van der Waals surface area contributed by atoms with Gasteiger partial charge in [-0.2, -0.15) is 0 Å². The van der Waals surface area contributed by atoms with E-state index in [1.807, 2.05) is 43.3 Å². The molecule has 0 spiro atoms. The van der Waals surface area contributed by atoms with Crippen LogP contribution in [0.3, 0.4) is 0 Å². The molecule has 0 aliphatic rings. The van der Waals surface area contributed by atoms with E-state index in [-0.39, 0.29) is 17.7 Å². The van der Waals surface area contributed by atoms with Gasteiger partial charge in [0.05, 0.1) is 6.04 Å². The lowest BCUT2D eigenvalue weighted by Gasteiger charge is -2.14. The van der Waals surface area contributed by atoms with E-state index in [1.54, 1.807) is 6.07 Å². The molecule has 0 aliphatic carbocycles. The van der Waals surface area contributed by atoms with Crippen LogP contribution in [0.15, 0.2) is 54.6 Å². The van der Waals surface area contributed by atoms with Crippen LogP contribution >= 0.6 is 11.6 Å². The van der Waals surface area contributed by atoms with Crippen molar-refractivity contribution in [1.29, 1.82) is 0 Å². The quantitative estimate of drug-likeness (QED) is 0.773. The minimum absolute atomic E-state index is 0.0414. The molecule has 24 heavy (non-hydrogen) atoms. The second-order valence-corrected chi connectivity index (χ2v) is 7.73. The van der Waals surface area contributed by atoms with E-state index < -0.39 is 10.8 Å². The molecule has 2 aromatic rings. The Kier molecular flexibility index (Phi) is 7.47. The van der Waals surface area contributed by atoms with Gasteiger partial charge in [-0.3, -0.25) is 9.00 Å². The Labute approximate surface area is 150 Å². The molecule has 0 saturated carbocycles. The number of hydrogen-bond acceptors (Lipinski definition) is 2. The highest BCUT2D eigenvalue weighted by Crippen LogP contribution is 2.17. The first-order chi connectivity index (χ1) is 11.5. The van der Waals surface area contributed by atoms with Crippen molar-refractivity contribution in [3.8, 4) is 0 Å². The second kappa shape index (κ2) is 9.60. The van der Waals surface area contributed by atoms with Gasteiger partial charge in [0.1, 0.15) is 5.75 Å². The molecule has 0 fully saturated rings. The number of carbonyl (C=O) groups excluding carboxylic acids is 1. The largest absolute Gasteiger partial charge is 0.349 e. The molecular weight excluding hydrogens is 342 g/mol. The van der Waals surface area contributed by atoms with Crippen LogP contribution in [0, 0.1) is 0 Å². The van der Waals surface area contributed by atoms with Crippen molar-refractivity contribution in [3.05, 3.63) is 70.7 Å². The van der Waals surface area contributed by atoms with Crippen molar-refractivity contribution in [2.75, 3.05) is 11.5 Å². The lowest BCUT2D eigenvalue weighted by molar-refractivity contribution is -0.119. The van der Waals surface area contributed by atoms with Crippen LogP contribution in [0.5, 0.6) is 0 Å². The van der Waals surface area contributed by atoms with Gasteiger partial charge in [-0.1, -0.05) is 54.1 Å². The third-order valence-electron chi connectivity index (χ3n) is 3.70. The Morgan fingerprint density at radius 3 is 2.62 bits per heavy atom. The molecule has 2 atom stereocenters. The lowest BCUT2D eigenvalue weighted by Crippen LogP contribution is -2.31. The summed E-state index contributed by atoms with van der Waals surface area (Å²) in [5.41, 5.74) is 2.17. The molecule has 0 aromatic heterocycles. The normalized spacial score (nSPS) is 13.2. The highest BCUT2D eigenvalue weighted by atomic mass is 35.5. The number of aryl methyl sites for hydroxylation is 1. The Hall–Kier alpha value is -1.65. The zero-order valence-corrected chi connectivity index (χ0v) is 15.3. The standard InChI is InChI=1S/C19H22ClNO2S/c1-15(17-10-5-11-18(20)13-17)21-19(22)14-24(23)12-6-9-16-7-3-2-4-8-16/h2-5,7-8,10-11,13,15H,6,9,12,14H2,1H3,(H,21,22).